The normalized spacial score (nSPS) is 19.9. The lowest BCUT2D eigenvalue weighted by Crippen LogP contribution is -2.52. The molecule has 0 aliphatic carbocycles. The van der Waals surface area contributed by atoms with Crippen LogP contribution in [0.1, 0.15) is 19.4 Å². The van der Waals surface area contributed by atoms with Crippen LogP contribution in [0.5, 0.6) is 5.75 Å². The molecular weight excluding hydrogens is 270 g/mol. The van der Waals surface area contributed by atoms with Crippen LogP contribution in [0, 0.1) is 0 Å². The largest absolute Gasteiger partial charge is 0.497 e. The first-order valence-electron chi connectivity index (χ1n) is 7.03. The highest BCUT2D eigenvalue weighted by Gasteiger charge is 2.24. The van der Waals surface area contributed by atoms with Gasteiger partial charge in [-0.3, -0.25) is 4.90 Å². The van der Waals surface area contributed by atoms with E-state index in [1.807, 2.05) is 18.2 Å². The maximum Gasteiger partial charge on any atom is 0.120 e. The van der Waals surface area contributed by atoms with Gasteiger partial charge in [-0.05, 0) is 25.6 Å². The molecule has 1 saturated heterocycles. The molecule has 1 aromatic carbocycles. The van der Waals surface area contributed by atoms with Gasteiger partial charge in [-0.1, -0.05) is 19.1 Å². The topological polar surface area (TPSA) is 41.7 Å². The van der Waals surface area contributed by atoms with Gasteiger partial charge in [0.2, 0.25) is 0 Å². The number of thiocarbonyl (C=S) groups is 1. The van der Waals surface area contributed by atoms with E-state index in [9.17, 15) is 0 Å². The van der Waals surface area contributed by atoms with E-state index >= 15 is 0 Å². The summed E-state index contributed by atoms with van der Waals surface area (Å²) in [6, 6.07) is 6.42. The highest BCUT2D eigenvalue weighted by atomic mass is 32.1. The Bertz CT molecular complexity index is 492. The van der Waals surface area contributed by atoms with Gasteiger partial charge in [0.15, 0.2) is 0 Å². The van der Waals surface area contributed by atoms with Crippen LogP contribution in [0.3, 0.4) is 0 Å². The van der Waals surface area contributed by atoms with Crippen LogP contribution in [-0.2, 0) is 0 Å². The number of nitrogens with two attached hydrogens (primary N) is 1. The Hall–Kier alpha value is -1.33. The number of ether oxygens (including phenoxy) is 1. The molecular formula is C15H23N3OS. The number of rotatable bonds is 4. The summed E-state index contributed by atoms with van der Waals surface area (Å²) in [4.78, 5) is 5.28. The molecule has 1 aliphatic heterocycles. The Balaban J connectivity index is 2.29. The average molecular weight is 293 g/mol. The van der Waals surface area contributed by atoms with Crippen molar-refractivity contribution in [2.45, 2.75) is 19.9 Å². The SMILES string of the molecule is CCN1CCN(c2cc(OC)ccc2C(N)=S)CC1C. The summed E-state index contributed by atoms with van der Waals surface area (Å²) in [6.45, 7) is 8.59. The maximum absolute atomic E-state index is 5.85. The third kappa shape index (κ3) is 3.04. The summed E-state index contributed by atoms with van der Waals surface area (Å²) >= 11 is 5.17. The first kappa shape index (κ1) is 15.1. The first-order valence-corrected chi connectivity index (χ1v) is 7.44. The molecule has 5 heteroatoms. The lowest BCUT2D eigenvalue weighted by Gasteiger charge is -2.41. The van der Waals surface area contributed by atoms with E-state index in [4.69, 9.17) is 22.7 Å². The molecule has 20 heavy (non-hydrogen) atoms. The minimum Gasteiger partial charge on any atom is -0.497 e. The second-order valence-corrected chi connectivity index (χ2v) is 5.61. The van der Waals surface area contributed by atoms with Crippen molar-refractivity contribution >= 4 is 22.9 Å². The van der Waals surface area contributed by atoms with Gasteiger partial charge in [-0.2, -0.15) is 0 Å². The van der Waals surface area contributed by atoms with Crippen LogP contribution >= 0.6 is 12.2 Å². The standard InChI is InChI=1S/C15H23N3OS/c1-4-17-7-8-18(10-11(17)2)14-9-12(19-3)5-6-13(14)15(16)20/h5-6,9,11H,4,7-8,10H2,1-3H3,(H2,16,20). The fraction of sp³-hybridized carbons (Fsp3) is 0.533. The number of anilines is 1. The Labute approximate surface area is 126 Å². The summed E-state index contributed by atoms with van der Waals surface area (Å²) in [5, 5.41) is 0. The predicted molar refractivity (Wildman–Crippen MR) is 87.8 cm³/mol. The van der Waals surface area contributed by atoms with Crippen molar-refractivity contribution in [3.8, 4) is 5.75 Å². The minimum atomic E-state index is 0.438. The number of hydrogen-bond acceptors (Lipinski definition) is 4. The fourth-order valence-corrected chi connectivity index (χ4v) is 2.96. The van der Waals surface area contributed by atoms with Crippen molar-refractivity contribution < 1.29 is 4.74 Å². The zero-order chi connectivity index (χ0) is 14.7. The van der Waals surface area contributed by atoms with Crippen molar-refractivity contribution in [1.29, 1.82) is 0 Å². The molecule has 110 valence electrons. The molecule has 2 N–H and O–H groups in total. The Morgan fingerprint density at radius 3 is 2.75 bits per heavy atom. The molecule has 0 spiro atoms. The number of likely N-dealkylation sites (N-methyl/N-ethyl adjacent to an activating group) is 1. The minimum absolute atomic E-state index is 0.438. The molecule has 1 heterocycles. The molecule has 0 saturated carbocycles. The van der Waals surface area contributed by atoms with Gasteiger partial charge >= 0.3 is 0 Å². The zero-order valence-electron chi connectivity index (χ0n) is 12.4. The molecule has 1 fully saturated rings. The van der Waals surface area contributed by atoms with Crippen molar-refractivity contribution in [2.75, 3.05) is 38.2 Å². The molecule has 0 bridgehead atoms. The summed E-state index contributed by atoms with van der Waals surface area (Å²) in [5.74, 6) is 0.838. The van der Waals surface area contributed by atoms with Crippen LogP contribution in [0.25, 0.3) is 0 Å². The number of hydrogen-bond donors (Lipinski definition) is 1. The van der Waals surface area contributed by atoms with Gasteiger partial charge in [0, 0.05) is 37.3 Å². The second-order valence-electron chi connectivity index (χ2n) is 5.17. The van der Waals surface area contributed by atoms with Gasteiger partial charge < -0.3 is 15.4 Å². The zero-order valence-corrected chi connectivity index (χ0v) is 13.2. The summed E-state index contributed by atoms with van der Waals surface area (Å²) in [5.41, 5.74) is 7.87. The second kappa shape index (κ2) is 6.41. The predicted octanol–water partition coefficient (Wildman–Crippen LogP) is 1.86. The van der Waals surface area contributed by atoms with Gasteiger partial charge in [0.25, 0.3) is 0 Å². The molecule has 4 nitrogen and oxygen atoms in total. The fourth-order valence-electron chi connectivity index (χ4n) is 2.79. The lowest BCUT2D eigenvalue weighted by atomic mass is 10.1. The third-order valence-electron chi connectivity index (χ3n) is 3.98. The van der Waals surface area contributed by atoms with Crippen LogP contribution in [0.15, 0.2) is 18.2 Å². The maximum atomic E-state index is 5.85. The molecule has 2 rings (SSSR count). The highest BCUT2D eigenvalue weighted by molar-refractivity contribution is 7.80. The van der Waals surface area contributed by atoms with E-state index in [1.54, 1.807) is 7.11 Å². The van der Waals surface area contributed by atoms with Gasteiger partial charge in [-0.15, -0.1) is 0 Å². The molecule has 0 radical (unpaired) electrons. The van der Waals surface area contributed by atoms with Gasteiger partial charge in [0.05, 0.1) is 12.8 Å². The van der Waals surface area contributed by atoms with Crippen LogP contribution < -0.4 is 15.4 Å². The number of nitrogens with zero attached hydrogens (tertiary/aromatic N) is 2. The van der Waals surface area contributed by atoms with E-state index in [2.05, 4.69) is 23.6 Å². The number of benzene rings is 1. The van der Waals surface area contributed by atoms with Gasteiger partial charge in [-0.25, -0.2) is 0 Å². The quantitative estimate of drug-likeness (QED) is 0.858. The van der Waals surface area contributed by atoms with Crippen molar-refractivity contribution in [3.63, 3.8) is 0 Å². The molecule has 1 aromatic rings. The summed E-state index contributed by atoms with van der Waals surface area (Å²) in [6.07, 6.45) is 0. The van der Waals surface area contributed by atoms with Crippen molar-refractivity contribution in [2.24, 2.45) is 5.73 Å². The van der Waals surface area contributed by atoms with E-state index < -0.39 is 0 Å². The smallest absolute Gasteiger partial charge is 0.120 e. The van der Waals surface area contributed by atoms with Crippen LogP contribution in [0.4, 0.5) is 5.69 Å². The van der Waals surface area contributed by atoms with E-state index in [1.165, 1.54) is 0 Å². The first-order chi connectivity index (χ1) is 9.56. The lowest BCUT2D eigenvalue weighted by molar-refractivity contribution is 0.199. The molecule has 0 amide bonds. The number of piperazine rings is 1. The van der Waals surface area contributed by atoms with E-state index in [0.29, 0.717) is 11.0 Å². The molecule has 0 aromatic heterocycles. The third-order valence-corrected chi connectivity index (χ3v) is 4.20. The Morgan fingerprint density at radius 1 is 1.45 bits per heavy atom. The van der Waals surface area contributed by atoms with E-state index in [-0.39, 0.29) is 0 Å². The molecule has 1 unspecified atom stereocenters. The van der Waals surface area contributed by atoms with Crippen LogP contribution in [-0.4, -0.2) is 49.2 Å². The van der Waals surface area contributed by atoms with Crippen molar-refractivity contribution in [1.82, 2.24) is 4.90 Å². The monoisotopic (exact) mass is 293 g/mol. The average Bonchev–Trinajstić information content (AvgIpc) is 2.46. The molecule has 1 aliphatic rings. The molecule has 1 atom stereocenters. The van der Waals surface area contributed by atoms with Crippen LogP contribution in [0.2, 0.25) is 0 Å². The number of methoxy groups -OCH3 is 1. The Kier molecular flexibility index (Phi) is 4.83. The van der Waals surface area contributed by atoms with Gasteiger partial charge in [0.1, 0.15) is 10.7 Å². The van der Waals surface area contributed by atoms with Crippen molar-refractivity contribution in [3.05, 3.63) is 23.8 Å². The summed E-state index contributed by atoms with van der Waals surface area (Å²) in [7, 11) is 1.68. The highest BCUT2D eigenvalue weighted by Crippen LogP contribution is 2.28. The summed E-state index contributed by atoms with van der Waals surface area (Å²) < 4.78 is 5.33. The van der Waals surface area contributed by atoms with E-state index in [0.717, 1.165) is 43.2 Å². The Morgan fingerprint density at radius 2 is 2.20 bits per heavy atom.